The van der Waals surface area contributed by atoms with E-state index in [9.17, 15) is 9.90 Å². The average molecular weight is 250 g/mol. The molecule has 0 aliphatic carbocycles. The Hall–Kier alpha value is -1.55. The largest absolute Gasteiger partial charge is 0.508 e. The highest BCUT2D eigenvalue weighted by molar-refractivity contribution is 5.76. The number of benzene rings is 1. The summed E-state index contributed by atoms with van der Waals surface area (Å²) >= 11 is 0. The van der Waals surface area contributed by atoms with E-state index in [0.29, 0.717) is 19.5 Å². The molecule has 1 rings (SSSR count). The molecule has 4 nitrogen and oxygen atoms in total. The van der Waals surface area contributed by atoms with Crippen molar-refractivity contribution in [3.05, 3.63) is 29.8 Å². The first-order chi connectivity index (χ1) is 8.67. The van der Waals surface area contributed by atoms with Gasteiger partial charge in [-0.15, -0.1) is 0 Å². The summed E-state index contributed by atoms with van der Waals surface area (Å²) in [5.41, 5.74) is 1.02. The third kappa shape index (κ3) is 4.75. The first kappa shape index (κ1) is 14.5. The number of nitrogens with one attached hydrogen (secondary N) is 1. The van der Waals surface area contributed by atoms with Crippen LogP contribution in [0.5, 0.6) is 5.75 Å². The Bertz CT molecular complexity index is 376. The summed E-state index contributed by atoms with van der Waals surface area (Å²) in [6.07, 6.45) is 0.514. The van der Waals surface area contributed by atoms with Crippen LogP contribution in [0.25, 0.3) is 0 Å². The smallest absolute Gasteiger partial charge is 0.223 e. The lowest BCUT2D eigenvalue weighted by atomic mass is 10.2. The van der Waals surface area contributed by atoms with Crippen molar-refractivity contribution in [2.75, 3.05) is 19.6 Å². The van der Waals surface area contributed by atoms with Crippen molar-refractivity contribution in [2.45, 2.75) is 26.8 Å². The molecule has 0 saturated heterocycles. The number of phenols is 1. The van der Waals surface area contributed by atoms with Crippen molar-refractivity contribution >= 4 is 5.91 Å². The number of nitrogens with zero attached hydrogens (tertiary/aromatic N) is 1. The van der Waals surface area contributed by atoms with Crippen LogP contribution in [0, 0.1) is 0 Å². The minimum absolute atomic E-state index is 0.184. The molecule has 0 saturated carbocycles. The van der Waals surface area contributed by atoms with Crippen LogP contribution in [-0.4, -0.2) is 35.5 Å². The van der Waals surface area contributed by atoms with Crippen LogP contribution in [0.1, 0.15) is 25.8 Å². The molecule has 1 amide bonds. The summed E-state index contributed by atoms with van der Waals surface area (Å²) in [4.78, 5) is 13.5. The van der Waals surface area contributed by atoms with Crippen molar-refractivity contribution in [1.82, 2.24) is 10.2 Å². The molecule has 2 N–H and O–H groups in total. The number of phenolic OH excluding ortho intramolecular Hbond substituents is 1. The van der Waals surface area contributed by atoms with Gasteiger partial charge in [0, 0.05) is 32.6 Å². The zero-order valence-electron chi connectivity index (χ0n) is 11.1. The van der Waals surface area contributed by atoms with E-state index in [-0.39, 0.29) is 11.7 Å². The van der Waals surface area contributed by atoms with E-state index in [1.165, 1.54) is 0 Å². The molecular weight excluding hydrogens is 228 g/mol. The Morgan fingerprint density at radius 1 is 1.33 bits per heavy atom. The van der Waals surface area contributed by atoms with Crippen molar-refractivity contribution in [2.24, 2.45) is 0 Å². The highest BCUT2D eigenvalue weighted by atomic mass is 16.3. The Labute approximate surface area is 109 Å². The molecule has 0 bridgehead atoms. The third-order valence-electron chi connectivity index (χ3n) is 2.87. The molecule has 0 spiro atoms. The molecule has 0 heterocycles. The normalized spacial score (nSPS) is 10.3. The van der Waals surface area contributed by atoms with E-state index in [2.05, 4.69) is 5.32 Å². The lowest BCUT2D eigenvalue weighted by molar-refractivity contribution is -0.130. The summed E-state index contributed by atoms with van der Waals surface area (Å²) in [6.45, 7) is 6.83. The van der Waals surface area contributed by atoms with Gasteiger partial charge in [0.05, 0.1) is 0 Å². The molecule has 18 heavy (non-hydrogen) atoms. The zero-order chi connectivity index (χ0) is 13.4. The van der Waals surface area contributed by atoms with Gasteiger partial charge < -0.3 is 15.3 Å². The summed E-state index contributed by atoms with van der Waals surface area (Å²) in [5.74, 6) is 0.455. The van der Waals surface area contributed by atoms with E-state index in [1.54, 1.807) is 12.1 Å². The highest BCUT2D eigenvalue weighted by Crippen LogP contribution is 2.10. The molecule has 1 aromatic rings. The molecule has 0 aromatic heterocycles. The van der Waals surface area contributed by atoms with Gasteiger partial charge in [0.2, 0.25) is 5.91 Å². The van der Waals surface area contributed by atoms with Crippen LogP contribution in [0.2, 0.25) is 0 Å². The number of carbonyl (C=O) groups is 1. The fourth-order valence-corrected chi connectivity index (χ4v) is 1.83. The highest BCUT2D eigenvalue weighted by Gasteiger charge is 2.08. The van der Waals surface area contributed by atoms with Crippen LogP contribution >= 0.6 is 0 Å². The van der Waals surface area contributed by atoms with Gasteiger partial charge in [-0.05, 0) is 31.5 Å². The molecule has 0 fully saturated rings. The van der Waals surface area contributed by atoms with E-state index in [0.717, 1.165) is 18.7 Å². The summed E-state index contributed by atoms with van der Waals surface area (Å²) in [7, 11) is 0. The average Bonchev–Trinajstić information content (AvgIpc) is 2.36. The number of carbonyl (C=O) groups excluding carboxylic acids is 1. The van der Waals surface area contributed by atoms with E-state index < -0.39 is 0 Å². The van der Waals surface area contributed by atoms with Gasteiger partial charge in [-0.1, -0.05) is 12.1 Å². The molecule has 0 aliphatic rings. The van der Waals surface area contributed by atoms with Crippen molar-refractivity contribution in [3.63, 3.8) is 0 Å². The fraction of sp³-hybridized carbons (Fsp3) is 0.500. The number of hydrogen-bond acceptors (Lipinski definition) is 3. The second-order valence-corrected chi connectivity index (χ2v) is 4.16. The fourth-order valence-electron chi connectivity index (χ4n) is 1.83. The van der Waals surface area contributed by atoms with Crippen molar-refractivity contribution < 1.29 is 9.90 Å². The molecular formula is C14H22N2O2. The van der Waals surface area contributed by atoms with Crippen LogP contribution in [0.4, 0.5) is 0 Å². The van der Waals surface area contributed by atoms with E-state index >= 15 is 0 Å². The molecule has 100 valence electrons. The van der Waals surface area contributed by atoms with Gasteiger partial charge in [0.1, 0.15) is 5.75 Å². The molecule has 0 aliphatic heterocycles. The van der Waals surface area contributed by atoms with Gasteiger partial charge in [0.25, 0.3) is 0 Å². The van der Waals surface area contributed by atoms with Crippen molar-refractivity contribution in [3.8, 4) is 5.75 Å². The van der Waals surface area contributed by atoms with Crippen LogP contribution in [0.15, 0.2) is 24.3 Å². The van der Waals surface area contributed by atoms with Gasteiger partial charge >= 0.3 is 0 Å². The molecule has 4 heteroatoms. The number of aromatic hydroxyl groups is 1. The maximum Gasteiger partial charge on any atom is 0.223 e. The number of rotatable bonds is 7. The summed E-state index contributed by atoms with van der Waals surface area (Å²) < 4.78 is 0. The second kappa shape index (κ2) is 7.71. The van der Waals surface area contributed by atoms with Crippen LogP contribution in [-0.2, 0) is 11.3 Å². The maximum absolute atomic E-state index is 11.7. The van der Waals surface area contributed by atoms with Gasteiger partial charge in [-0.2, -0.15) is 0 Å². The first-order valence-electron chi connectivity index (χ1n) is 6.43. The third-order valence-corrected chi connectivity index (χ3v) is 2.87. The SMILES string of the molecule is CCN(CC)C(=O)CCNCc1cccc(O)c1. The maximum atomic E-state index is 11.7. The molecule has 1 aromatic carbocycles. The molecule has 0 unspecified atom stereocenters. The number of amides is 1. The first-order valence-corrected chi connectivity index (χ1v) is 6.43. The van der Waals surface area contributed by atoms with Gasteiger partial charge in [-0.25, -0.2) is 0 Å². The quantitative estimate of drug-likeness (QED) is 0.725. The topological polar surface area (TPSA) is 52.6 Å². The lowest BCUT2D eigenvalue weighted by Crippen LogP contribution is -2.32. The Morgan fingerprint density at radius 2 is 2.06 bits per heavy atom. The van der Waals surface area contributed by atoms with Crippen LogP contribution in [0.3, 0.4) is 0 Å². The second-order valence-electron chi connectivity index (χ2n) is 4.16. The molecule has 0 radical (unpaired) electrons. The van der Waals surface area contributed by atoms with Gasteiger partial charge in [0.15, 0.2) is 0 Å². The standard InChI is InChI=1S/C14H22N2O2/c1-3-16(4-2)14(18)8-9-15-11-12-6-5-7-13(17)10-12/h5-7,10,15,17H,3-4,8-9,11H2,1-2H3. The van der Waals surface area contributed by atoms with Gasteiger partial charge in [-0.3, -0.25) is 4.79 Å². The summed E-state index contributed by atoms with van der Waals surface area (Å²) in [5, 5.41) is 12.5. The summed E-state index contributed by atoms with van der Waals surface area (Å²) in [6, 6.07) is 7.12. The Kier molecular flexibility index (Phi) is 6.22. The lowest BCUT2D eigenvalue weighted by Gasteiger charge is -2.18. The Morgan fingerprint density at radius 3 is 2.67 bits per heavy atom. The van der Waals surface area contributed by atoms with E-state index in [4.69, 9.17) is 0 Å². The predicted molar refractivity (Wildman–Crippen MR) is 72.4 cm³/mol. The van der Waals surface area contributed by atoms with Crippen LogP contribution < -0.4 is 5.32 Å². The minimum atomic E-state index is 0.184. The Balaban J connectivity index is 2.24. The predicted octanol–water partition coefficient (Wildman–Crippen LogP) is 1.74. The van der Waals surface area contributed by atoms with Crippen molar-refractivity contribution in [1.29, 1.82) is 0 Å². The monoisotopic (exact) mass is 250 g/mol. The number of hydrogen-bond donors (Lipinski definition) is 2. The van der Waals surface area contributed by atoms with E-state index in [1.807, 2.05) is 30.9 Å². The minimum Gasteiger partial charge on any atom is -0.508 e. The molecule has 0 atom stereocenters. The zero-order valence-corrected chi connectivity index (χ0v) is 11.1.